The van der Waals surface area contributed by atoms with Crippen LogP contribution in [0.1, 0.15) is 20.8 Å². The van der Waals surface area contributed by atoms with Crippen molar-refractivity contribution < 1.29 is 4.74 Å². The summed E-state index contributed by atoms with van der Waals surface area (Å²) < 4.78 is 6.81. The average Bonchev–Trinajstić information content (AvgIpc) is 2.40. The van der Waals surface area contributed by atoms with Gasteiger partial charge in [0.2, 0.25) is 5.43 Å². The molecule has 0 bridgehead atoms. The number of benzene rings is 1. The minimum atomic E-state index is -0.266. The quantitative estimate of drug-likeness (QED) is 0.853. The van der Waals surface area contributed by atoms with Crippen LogP contribution in [-0.2, 0) is 5.54 Å². The van der Waals surface area contributed by atoms with Crippen molar-refractivity contribution in [3.63, 3.8) is 0 Å². The first-order chi connectivity index (χ1) is 9.32. The normalized spacial score (nSPS) is 11.4. The Morgan fingerprint density at radius 3 is 2.30 bits per heavy atom. The van der Waals surface area contributed by atoms with Gasteiger partial charge in [-0.25, -0.2) is 0 Å². The van der Waals surface area contributed by atoms with E-state index in [9.17, 15) is 4.79 Å². The topological polar surface area (TPSA) is 44.1 Å². The first kappa shape index (κ1) is 14.6. The first-order valence-electron chi connectivity index (χ1n) is 6.27. The summed E-state index contributed by atoms with van der Waals surface area (Å²) in [4.78, 5) is 12.2. The summed E-state index contributed by atoms with van der Waals surface area (Å²) in [5.41, 5.74) is 0.544. The van der Waals surface area contributed by atoms with Crippen LogP contribution in [0.3, 0.4) is 0 Å². The highest BCUT2D eigenvalue weighted by Gasteiger charge is 2.17. The molecular formula is C15H17ClN2O2. The minimum Gasteiger partial charge on any atom is -0.497 e. The van der Waals surface area contributed by atoms with Crippen molar-refractivity contribution in [2.75, 3.05) is 7.11 Å². The molecule has 0 atom stereocenters. The maximum absolute atomic E-state index is 12.2. The third kappa shape index (κ3) is 2.85. The molecule has 0 unspecified atom stereocenters. The zero-order chi connectivity index (χ0) is 14.9. The van der Waals surface area contributed by atoms with Gasteiger partial charge in [-0.1, -0.05) is 11.6 Å². The smallest absolute Gasteiger partial charge is 0.226 e. The molecule has 2 aromatic rings. The Bertz CT molecular complexity index is 670. The maximum Gasteiger partial charge on any atom is 0.226 e. The second-order valence-electron chi connectivity index (χ2n) is 5.50. The van der Waals surface area contributed by atoms with E-state index < -0.39 is 0 Å². The SMILES string of the molecule is COc1ccc(-c2nn(C(C)(C)C)cc(Cl)c2=O)cc1. The van der Waals surface area contributed by atoms with Gasteiger partial charge in [-0.2, -0.15) is 5.10 Å². The molecule has 0 saturated heterocycles. The van der Waals surface area contributed by atoms with Gasteiger partial charge >= 0.3 is 0 Å². The van der Waals surface area contributed by atoms with Crippen LogP contribution >= 0.6 is 11.6 Å². The summed E-state index contributed by atoms with van der Waals surface area (Å²) >= 11 is 6.04. The fourth-order valence-corrected chi connectivity index (χ4v) is 1.92. The standard InChI is InChI=1S/C15H17ClN2O2/c1-15(2,3)18-9-12(16)14(19)13(17-18)10-5-7-11(20-4)8-6-10/h5-9H,1-4H3. The van der Waals surface area contributed by atoms with Crippen molar-refractivity contribution >= 4 is 11.6 Å². The third-order valence-electron chi connectivity index (χ3n) is 2.93. The lowest BCUT2D eigenvalue weighted by Gasteiger charge is -2.22. The number of hydrogen-bond acceptors (Lipinski definition) is 3. The van der Waals surface area contributed by atoms with Gasteiger partial charge in [-0.05, 0) is 45.0 Å². The summed E-state index contributed by atoms with van der Waals surface area (Å²) in [6.07, 6.45) is 1.57. The van der Waals surface area contributed by atoms with E-state index in [1.807, 2.05) is 20.8 Å². The average molecular weight is 293 g/mol. The van der Waals surface area contributed by atoms with Crippen molar-refractivity contribution in [2.45, 2.75) is 26.3 Å². The monoisotopic (exact) mass is 292 g/mol. The summed E-state index contributed by atoms with van der Waals surface area (Å²) in [6, 6.07) is 7.18. The Kier molecular flexibility index (Phi) is 3.86. The van der Waals surface area contributed by atoms with Crippen molar-refractivity contribution in [3.8, 4) is 17.0 Å². The largest absolute Gasteiger partial charge is 0.497 e. The molecule has 0 spiro atoms. The predicted octanol–water partition coefficient (Wildman–Crippen LogP) is 3.33. The van der Waals surface area contributed by atoms with Crippen LogP contribution in [0, 0.1) is 0 Å². The molecule has 0 fully saturated rings. The van der Waals surface area contributed by atoms with Gasteiger partial charge in [0.15, 0.2) is 0 Å². The van der Waals surface area contributed by atoms with Crippen LogP contribution in [0.2, 0.25) is 5.02 Å². The van der Waals surface area contributed by atoms with E-state index in [4.69, 9.17) is 16.3 Å². The molecule has 0 saturated carbocycles. The van der Waals surface area contributed by atoms with E-state index in [2.05, 4.69) is 5.10 Å². The number of rotatable bonds is 2. The second kappa shape index (κ2) is 5.29. The molecule has 0 N–H and O–H groups in total. The Labute approximate surface area is 123 Å². The van der Waals surface area contributed by atoms with Gasteiger partial charge < -0.3 is 4.74 Å². The molecule has 20 heavy (non-hydrogen) atoms. The molecule has 0 amide bonds. The lowest BCUT2D eigenvalue weighted by Crippen LogP contribution is -2.27. The highest BCUT2D eigenvalue weighted by molar-refractivity contribution is 6.30. The van der Waals surface area contributed by atoms with Gasteiger partial charge in [0.1, 0.15) is 16.5 Å². The van der Waals surface area contributed by atoms with E-state index in [0.29, 0.717) is 5.69 Å². The molecule has 0 aliphatic heterocycles. The van der Waals surface area contributed by atoms with Crippen LogP contribution < -0.4 is 10.2 Å². The molecule has 4 nitrogen and oxygen atoms in total. The molecule has 5 heteroatoms. The van der Waals surface area contributed by atoms with E-state index in [1.165, 1.54) is 0 Å². The van der Waals surface area contributed by atoms with Gasteiger partial charge in [0, 0.05) is 11.8 Å². The van der Waals surface area contributed by atoms with Gasteiger partial charge in [0.05, 0.1) is 12.6 Å². The van der Waals surface area contributed by atoms with Gasteiger partial charge in [-0.3, -0.25) is 9.48 Å². The van der Waals surface area contributed by atoms with Gasteiger partial charge in [-0.15, -0.1) is 0 Å². The minimum absolute atomic E-state index is 0.167. The van der Waals surface area contributed by atoms with E-state index in [-0.39, 0.29) is 16.0 Å². The Morgan fingerprint density at radius 2 is 1.80 bits per heavy atom. The van der Waals surface area contributed by atoms with Crippen molar-refractivity contribution in [3.05, 3.63) is 45.7 Å². The molecule has 0 aliphatic rings. The molecule has 1 aromatic heterocycles. The molecular weight excluding hydrogens is 276 g/mol. The molecule has 0 radical (unpaired) electrons. The predicted molar refractivity (Wildman–Crippen MR) is 80.5 cm³/mol. The van der Waals surface area contributed by atoms with E-state index in [1.54, 1.807) is 42.3 Å². The Morgan fingerprint density at radius 1 is 1.20 bits per heavy atom. The summed E-state index contributed by atoms with van der Waals surface area (Å²) in [5, 5.41) is 4.58. The number of nitrogens with zero attached hydrogens (tertiary/aromatic N) is 2. The van der Waals surface area contributed by atoms with Crippen LogP contribution in [0.15, 0.2) is 35.3 Å². The molecule has 1 aromatic carbocycles. The third-order valence-corrected chi connectivity index (χ3v) is 3.20. The van der Waals surface area contributed by atoms with Crippen molar-refractivity contribution in [2.24, 2.45) is 0 Å². The summed E-state index contributed by atoms with van der Waals surface area (Å²) in [7, 11) is 1.60. The zero-order valence-electron chi connectivity index (χ0n) is 12.0. The molecule has 0 aliphatic carbocycles. The van der Waals surface area contributed by atoms with Crippen LogP contribution in [0.4, 0.5) is 0 Å². The molecule has 106 valence electrons. The van der Waals surface area contributed by atoms with E-state index >= 15 is 0 Å². The Hall–Kier alpha value is -1.81. The maximum atomic E-state index is 12.2. The zero-order valence-corrected chi connectivity index (χ0v) is 12.7. The summed E-state index contributed by atoms with van der Waals surface area (Å²) in [5.74, 6) is 0.729. The number of halogens is 1. The molecule has 1 heterocycles. The van der Waals surface area contributed by atoms with E-state index in [0.717, 1.165) is 11.3 Å². The Balaban J connectivity index is 2.60. The number of ether oxygens (including phenoxy) is 1. The first-order valence-corrected chi connectivity index (χ1v) is 6.65. The van der Waals surface area contributed by atoms with Crippen LogP contribution in [-0.4, -0.2) is 16.9 Å². The number of aromatic nitrogens is 2. The highest BCUT2D eigenvalue weighted by atomic mass is 35.5. The fraction of sp³-hybridized carbons (Fsp3) is 0.333. The van der Waals surface area contributed by atoms with Crippen LogP contribution in [0.25, 0.3) is 11.3 Å². The molecule has 2 rings (SSSR count). The highest BCUT2D eigenvalue weighted by Crippen LogP contribution is 2.21. The lowest BCUT2D eigenvalue weighted by atomic mass is 10.1. The number of hydrogen-bond donors (Lipinski definition) is 0. The lowest BCUT2D eigenvalue weighted by molar-refractivity contribution is 0.349. The number of methoxy groups -OCH3 is 1. The summed E-state index contributed by atoms with van der Waals surface area (Å²) in [6.45, 7) is 6.00. The second-order valence-corrected chi connectivity index (χ2v) is 5.91. The fourth-order valence-electron chi connectivity index (χ4n) is 1.74. The van der Waals surface area contributed by atoms with Crippen molar-refractivity contribution in [1.82, 2.24) is 9.78 Å². The van der Waals surface area contributed by atoms with Crippen LogP contribution in [0.5, 0.6) is 5.75 Å². The van der Waals surface area contributed by atoms with Gasteiger partial charge in [0.25, 0.3) is 0 Å². The van der Waals surface area contributed by atoms with Crippen molar-refractivity contribution in [1.29, 1.82) is 0 Å².